The van der Waals surface area contributed by atoms with Gasteiger partial charge in [0.25, 0.3) is 0 Å². The topological polar surface area (TPSA) is 55.4 Å². The molecule has 2 rings (SSSR count). The zero-order valence-corrected chi connectivity index (χ0v) is 13.8. The molecule has 0 heterocycles. The summed E-state index contributed by atoms with van der Waals surface area (Å²) in [6, 6.07) is 6.80. The predicted molar refractivity (Wildman–Crippen MR) is 90.4 cm³/mol. The van der Waals surface area contributed by atoms with Gasteiger partial charge in [0, 0.05) is 10.9 Å². The fraction of sp³-hybridized carbons (Fsp3) is 0.529. The highest BCUT2D eigenvalue weighted by Gasteiger charge is 2.15. The van der Waals surface area contributed by atoms with E-state index in [1.807, 2.05) is 0 Å². The summed E-state index contributed by atoms with van der Waals surface area (Å²) in [4.78, 5) is 23.5. The van der Waals surface area contributed by atoms with Gasteiger partial charge in [-0.25, -0.2) is 4.79 Å². The van der Waals surface area contributed by atoms with E-state index in [4.69, 9.17) is 4.74 Å². The third kappa shape index (κ3) is 5.37. The number of hydrogen-bond donors (Lipinski definition) is 1. The molecule has 0 atom stereocenters. The molecule has 0 aliphatic heterocycles. The fourth-order valence-corrected chi connectivity index (χ4v) is 3.65. The van der Waals surface area contributed by atoms with Crippen molar-refractivity contribution in [2.24, 2.45) is 0 Å². The molecule has 22 heavy (non-hydrogen) atoms. The maximum absolute atomic E-state index is 12.0. The van der Waals surface area contributed by atoms with E-state index in [2.05, 4.69) is 5.32 Å². The van der Waals surface area contributed by atoms with Gasteiger partial charge in [-0.1, -0.05) is 19.3 Å². The van der Waals surface area contributed by atoms with Crippen LogP contribution >= 0.6 is 11.8 Å². The van der Waals surface area contributed by atoms with Crippen LogP contribution in [0, 0.1) is 0 Å². The van der Waals surface area contributed by atoms with Gasteiger partial charge in [-0.05, 0) is 44.0 Å². The van der Waals surface area contributed by atoms with E-state index in [0.717, 1.165) is 0 Å². The Labute approximate surface area is 136 Å². The quantitative estimate of drug-likeness (QED) is 0.808. The minimum Gasteiger partial charge on any atom is -0.462 e. The number of hydrogen-bond acceptors (Lipinski definition) is 4. The highest BCUT2D eigenvalue weighted by Crippen LogP contribution is 2.28. The molecule has 5 heteroatoms. The molecule has 0 saturated heterocycles. The summed E-state index contributed by atoms with van der Waals surface area (Å²) in [6.45, 7) is 2.13. The van der Waals surface area contributed by atoms with Crippen LogP contribution in [0.25, 0.3) is 0 Å². The maximum atomic E-state index is 12.0. The molecule has 1 fully saturated rings. The Bertz CT molecular complexity index is 495. The lowest BCUT2D eigenvalue weighted by atomic mass is 10.0. The van der Waals surface area contributed by atoms with Crippen LogP contribution in [0.4, 0.5) is 5.69 Å². The lowest BCUT2D eigenvalue weighted by Crippen LogP contribution is -2.18. The Balaban J connectivity index is 1.77. The average molecular weight is 321 g/mol. The van der Waals surface area contributed by atoms with E-state index in [-0.39, 0.29) is 11.9 Å². The molecule has 1 aliphatic rings. The van der Waals surface area contributed by atoms with E-state index >= 15 is 0 Å². The van der Waals surface area contributed by atoms with Crippen LogP contribution in [0.3, 0.4) is 0 Å². The number of nitrogens with one attached hydrogen (secondary N) is 1. The SMILES string of the molecule is CCOC(=O)c1ccc(NC(=O)CSC2CCCCC2)cc1. The van der Waals surface area contributed by atoms with Gasteiger partial charge in [0.1, 0.15) is 0 Å². The first kappa shape index (κ1) is 16.9. The van der Waals surface area contributed by atoms with Gasteiger partial charge >= 0.3 is 5.97 Å². The Kier molecular flexibility index (Phi) is 6.77. The van der Waals surface area contributed by atoms with Crippen molar-refractivity contribution in [1.29, 1.82) is 0 Å². The monoisotopic (exact) mass is 321 g/mol. The predicted octanol–water partition coefficient (Wildman–Crippen LogP) is 3.87. The van der Waals surface area contributed by atoms with E-state index in [9.17, 15) is 9.59 Å². The number of benzene rings is 1. The standard InChI is InChI=1S/C17H23NO3S/c1-2-21-17(20)13-8-10-14(11-9-13)18-16(19)12-22-15-6-4-3-5-7-15/h8-11,15H,2-7,12H2,1H3,(H,18,19). The summed E-state index contributed by atoms with van der Waals surface area (Å²) >= 11 is 1.75. The van der Waals surface area contributed by atoms with Crippen LogP contribution in [-0.4, -0.2) is 29.5 Å². The smallest absolute Gasteiger partial charge is 0.338 e. The number of ether oxygens (including phenoxy) is 1. The van der Waals surface area contributed by atoms with Crippen molar-refractivity contribution in [3.8, 4) is 0 Å². The number of rotatable bonds is 6. The molecule has 1 N–H and O–H groups in total. The molecule has 120 valence electrons. The first-order chi connectivity index (χ1) is 10.7. The summed E-state index contributed by atoms with van der Waals surface area (Å²) in [5, 5.41) is 3.50. The molecule has 4 nitrogen and oxygen atoms in total. The van der Waals surface area contributed by atoms with Crippen LogP contribution in [0.1, 0.15) is 49.4 Å². The molecule has 1 aromatic carbocycles. The highest BCUT2D eigenvalue weighted by molar-refractivity contribution is 8.00. The molecular formula is C17H23NO3S. The Morgan fingerprint density at radius 1 is 1.18 bits per heavy atom. The number of thioether (sulfide) groups is 1. The van der Waals surface area contributed by atoms with Crippen molar-refractivity contribution in [2.45, 2.75) is 44.3 Å². The molecule has 0 radical (unpaired) electrons. The lowest BCUT2D eigenvalue weighted by molar-refractivity contribution is -0.113. The van der Waals surface area contributed by atoms with Crippen LogP contribution in [0.5, 0.6) is 0 Å². The molecule has 0 unspecified atom stereocenters. The van der Waals surface area contributed by atoms with Crippen molar-refractivity contribution in [3.05, 3.63) is 29.8 Å². The zero-order valence-electron chi connectivity index (χ0n) is 13.0. The van der Waals surface area contributed by atoms with Crippen molar-refractivity contribution in [2.75, 3.05) is 17.7 Å². The van der Waals surface area contributed by atoms with Crippen LogP contribution < -0.4 is 5.32 Å². The second-order valence-electron chi connectivity index (χ2n) is 5.42. The van der Waals surface area contributed by atoms with E-state index in [0.29, 0.717) is 28.9 Å². The molecule has 0 bridgehead atoms. The van der Waals surface area contributed by atoms with Crippen molar-refractivity contribution >= 4 is 29.3 Å². The van der Waals surface area contributed by atoms with Crippen molar-refractivity contribution < 1.29 is 14.3 Å². The first-order valence-electron chi connectivity index (χ1n) is 7.87. The molecular weight excluding hydrogens is 298 g/mol. The van der Waals surface area contributed by atoms with Crippen molar-refractivity contribution in [3.63, 3.8) is 0 Å². The van der Waals surface area contributed by atoms with Gasteiger partial charge < -0.3 is 10.1 Å². The van der Waals surface area contributed by atoms with Gasteiger partial charge in [0.05, 0.1) is 17.9 Å². The second kappa shape index (κ2) is 8.83. The largest absolute Gasteiger partial charge is 0.462 e. The third-order valence-corrected chi connectivity index (χ3v) is 5.05. The number of carbonyl (C=O) groups is 2. The molecule has 0 aromatic heterocycles. The molecule has 0 spiro atoms. The van der Waals surface area contributed by atoms with Gasteiger partial charge in [-0.2, -0.15) is 0 Å². The van der Waals surface area contributed by atoms with Crippen LogP contribution in [0.15, 0.2) is 24.3 Å². The third-order valence-electron chi connectivity index (χ3n) is 3.68. The Morgan fingerprint density at radius 3 is 2.50 bits per heavy atom. The molecule has 1 aliphatic carbocycles. The van der Waals surface area contributed by atoms with Gasteiger partial charge in [0.15, 0.2) is 0 Å². The minimum atomic E-state index is -0.340. The van der Waals surface area contributed by atoms with Gasteiger partial charge in [0.2, 0.25) is 5.91 Å². The number of anilines is 1. The fourth-order valence-electron chi connectivity index (χ4n) is 2.53. The average Bonchev–Trinajstić information content (AvgIpc) is 2.55. The first-order valence-corrected chi connectivity index (χ1v) is 8.92. The number of esters is 1. The van der Waals surface area contributed by atoms with E-state index in [1.54, 1.807) is 43.0 Å². The van der Waals surface area contributed by atoms with Gasteiger partial charge in [-0.3, -0.25) is 4.79 Å². The number of carbonyl (C=O) groups excluding carboxylic acids is 2. The second-order valence-corrected chi connectivity index (χ2v) is 6.71. The summed E-state index contributed by atoms with van der Waals surface area (Å²) in [5.41, 5.74) is 1.21. The van der Waals surface area contributed by atoms with E-state index in [1.165, 1.54) is 32.1 Å². The van der Waals surface area contributed by atoms with Crippen molar-refractivity contribution in [1.82, 2.24) is 0 Å². The molecule has 1 aromatic rings. The summed E-state index contributed by atoms with van der Waals surface area (Å²) < 4.78 is 4.92. The maximum Gasteiger partial charge on any atom is 0.338 e. The summed E-state index contributed by atoms with van der Waals surface area (Å²) in [7, 11) is 0. The lowest BCUT2D eigenvalue weighted by Gasteiger charge is -2.20. The number of amides is 1. The summed E-state index contributed by atoms with van der Waals surface area (Å²) in [5.74, 6) is 0.164. The van der Waals surface area contributed by atoms with Gasteiger partial charge in [-0.15, -0.1) is 11.8 Å². The Morgan fingerprint density at radius 2 is 1.86 bits per heavy atom. The molecule has 1 saturated carbocycles. The molecule has 1 amide bonds. The zero-order chi connectivity index (χ0) is 15.8. The minimum absolute atomic E-state index is 0.0134. The Hall–Kier alpha value is -1.49. The van der Waals surface area contributed by atoms with E-state index < -0.39 is 0 Å². The normalized spacial score (nSPS) is 15.3. The highest BCUT2D eigenvalue weighted by atomic mass is 32.2. The van der Waals surface area contributed by atoms with Crippen LogP contribution in [0.2, 0.25) is 0 Å². The van der Waals surface area contributed by atoms with Crippen LogP contribution in [-0.2, 0) is 9.53 Å². The summed E-state index contributed by atoms with van der Waals surface area (Å²) in [6.07, 6.45) is 6.36.